The number of alkyl carbamates (subject to hydrolysis) is 1. The van der Waals surface area contributed by atoms with Gasteiger partial charge in [0.25, 0.3) is 0 Å². The Labute approximate surface area is 106 Å². The fourth-order valence-electron chi connectivity index (χ4n) is 1.39. The first-order valence-electron chi connectivity index (χ1n) is 5.72. The van der Waals surface area contributed by atoms with E-state index in [1.54, 1.807) is 40.8 Å². The molecule has 0 aliphatic rings. The van der Waals surface area contributed by atoms with Crippen molar-refractivity contribution < 1.29 is 14.3 Å². The van der Waals surface area contributed by atoms with Gasteiger partial charge in [-0.1, -0.05) is 0 Å². The maximum absolute atomic E-state index is 12.0. The van der Waals surface area contributed by atoms with Crippen LogP contribution in [0.5, 0.6) is 0 Å². The van der Waals surface area contributed by atoms with Gasteiger partial charge in [0.2, 0.25) is 5.78 Å². The third-order valence-corrected chi connectivity index (χ3v) is 2.20. The molecule has 6 heteroatoms. The minimum Gasteiger partial charge on any atom is -0.444 e. The number of rotatable bonds is 3. The monoisotopic (exact) mass is 253 g/mol. The summed E-state index contributed by atoms with van der Waals surface area (Å²) in [5, 5.41) is 6.41. The van der Waals surface area contributed by atoms with Crippen LogP contribution in [0.3, 0.4) is 0 Å². The van der Waals surface area contributed by atoms with Crippen LogP contribution in [0.25, 0.3) is 0 Å². The maximum Gasteiger partial charge on any atom is 0.408 e. The molecule has 1 heterocycles. The number of hydrogen-bond donors (Lipinski definition) is 1. The fourth-order valence-corrected chi connectivity index (χ4v) is 1.39. The molecule has 0 aliphatic heterocycles. The Hall–Kier alpha value is -1.85. The zero-order chi connectivity index (χ0) is 13.9. The summed E-state index contributed by atoms with van der Waals surface area (Å²) in [6, 6.07) is 0.950. The van der Waals surface area contributed by atoms with Crippen LogP contribution < -0.4 is 5.32 Å². The topological polar surface area (TPSA) is 73.2 Å². The van der Waals surface area contributed by atoms with Gasteiger partial charge in [0.1, 0.15) is 11.3 Å². The number of aryl methyl sites for hydroxylation is 1. The van der Waals surface area contributed by atoms with Crippen LogP contribution in [-0.4, -0.2) is 33.3 Å². The summed E-state index contributed by atoms with van der Waals surface area (Å²) in [6.07, 6.45) is 0.929. The summed E-state index contributed by atoms with van der Waals surface area (Å²) in [4.78, 5) is 23.5. The number of aromatic nitrogens is 2. The molecule has 0 saturated heterocycles. The third-order valence-electron chi connectivity index (χ3n) is 2.20. The first-order valence-corrected chi connectivity index (χ1v) is 5.72. The van der Waals surface area contributed by atoms with Crippen LogP contribution in [-0.2, 0) is 11.8 Å². The number of nitrogens with one attached hydrogen (secondary N) is 1. The van der Waals surface area contributed by atoms with Crippen LogP contribution in [0.1, 0.15) is 38.2 Å². The lowest BCUT2D eigenvalue weighted by molar-refractivity contribution is 0.0496. The van der Waals surface area contributed by atoms with Gasteiger partial charge in [0.05, 0.1) is 6.04 Å². The average molecular weight is 253 g/mol. The number of ketones is 1. The van der Waals surface area contributed by atoms with Crippen molar-refractivity contribution in [1.29, 1.82) is 0 Å². The molecule has 0 fully saturated rings. The van der Waals surface area contributed by atoms with Gasteiger partial charge in [-0.2, -0.15) is 5.10 Å². The molecule has 0 bridgehead atoms. The van der Waals surface area contributed by atoms with Crippen molar-refractivity contribution in [2.75, 3.05) is 0 Å². The van der Waals surface area contributed by atoms with Gasteiger partial charge < -0.3 is 10.1 Å². The Morgan fingerprint density at radius 2 is 2.06 bits per heavy atom. The molecule has 0 saturated carbocycles. The summed E-state index contributed by atoms with van der Waals surface area (Å²) in [5.74, 6) is -0.208. The van der Waals surface area contributed by atoms with E-state index in [1.807, 2.05) is 0 Å². The molecule has 1 aromatic heterocycles. The Morgan fingerprint density at radius 1 is 1.44 bits per heavy atom. The first-order chi connectivity index (χ1) is 8.20. The number of hydrogen-bond acceptors (Lipinski definition) is 4. The van der Waals surface area contributed by atoms with Crippen LogP contribution in [0, 0.1) is 0 Å². The minimum atomic E-state index is -0.657. The molecule has 1 atom stereocenters. The number of ether oxygens (including phenoxy) is 1. The number of carbonyl (C=O) groups is 2. The Kier molecular flexibility index (Phi) is 4.11. The van der Waals surface area contributed by atoms with Gasteiger partial charge in [0, 0.05) is 13.2 Å². The zero-order valence-corrected chi connectivity index (χ0v) is 11.4. The predicted octanol–water partition coefficient (Wildman–Crippen LogP) is 1.52. The molecule has 0 aliphatic carbocycles. The maximum atomic E-state index is 12.0. The molecule has 0 aromatic carbocycles. The van der Waals surface area contributed by atoms with Crippen molar-refractivity contribution in [3.05, 3.63) is 18.0 Å². The predicted molar refractivity (Wildman–Crippen MR) is 66.4 cm³/mol. The van der Waals surface area contributed by atoms with Crippen LogP contribution >= 0.6 is 0 Å². The SMILES string of the molecule is C[C@@H](NC(=O)OC(C)(C)C)C(=O)c1ccnn1C. The zero-order valence-electron chi connectivity index (χ0n) is 11.4. The van der Waals surface area contributed by atoms with Crippen LogP contribution in [0.15, 0.2) is 12.3 Å². The molecule has 0 unspecified atom stereocenters. The Balaban J connectivity index is 2.61. The van der Waals surface area contributed by atoms with E-state index >= 15 is 0 Å². The van der Waals surface area contributed by atoms with Gasteiger partial charge in [-0.25, -0.2) is 4.79 Å². The molecule has 6 nitrogen and oxygen atoms in total. The highest BCUT2D eigenvalue weighted by Crippen LogP contribution is 2.08. The van der Waals surface area contributed by atoms with Crippen molar-refractivity contribution in [1.82, 2.24) is 15.1 Å². The highest BCUT2D eigenvalue weighted by atomic mass is 16.6. The molecule has 1 N–H and O–H groups in total. The molecule has 0 radical (unpaired) electrons. The van der Waals surface area contributed by atoms with E-state index in [4.69, 9.17) is 4.74 Å². The Bertz CT molecular complexity index is 446. The van der Waals surface area contributed by atoms with E-state index in [9.17, 15) is 9.59 Å². The van der Waals surface area contributed by atoms with Crippen molar-refractivity contribution >= 4 is 11.9 Å². The normalized spacial score (nSPS) is 12.9. The molecular formula is C12H19N3O3. The van der Waals surface area contributed by atoms with E-state index in [2.05, 4.69) is 10.4 Å². The van der Waals surface area contributed by atoms with Gasteiger partial charge in [0.15, 0.2) is 0 Å². The van der Waals surface area contributed by atoms with E-state index in [-0.39, 0.29) is 5.78 Å². The molecule has 18 heavy (non-hydrogen) atoms. The molecule has 1 amide bonds. The lowest BCUT2D eigenvalue weighted by Crippen LogP contribution is -2.42. The van der Waals surface area contributed by atoms with Gasteiger partial charge in [-0.15, -0.1) is 0 Å². The summed E-state index contributed by atoms with van der Waals surface area (Å²) in [7, 11) is 1.67. The standard InChI is InChI=1S/C12H19N3O3/c1-8(14-11(17)18-12(2,3)4)10(16)9-6-7-13-15(9)5/h6-8H,1-5H3,(H,14,17)/t8-/m1/s1. The van der Waals surface area contributed by atoms with Crippen molar-refractivity contribution in [2.24, 2.45) is 7.05 Å². The van der Waals surface area contributed by atoms with E-state index in [1.165, 1.54) is 10.9 Å². The van der Waals surface area contributed by atoms with E-state index < -0.39 is 17.7 Å². The Morgan fingerprint density at radius 3 is 2.50 bits per heavy atom. The van der Waals surface area contributed by atoms with Gasteiger partial charge >= 0.3 is 6.09 Å². The highest BCUT2D eigenvalue weighted by molar-refractivity contribution is 5.99. The second-order valence-corrected chi connectivity index (χ2v) is 5.07. The smallest absolute Gasteiger partial charge is 0.408 e. The summed E-state index contributed by atoms with van der Waals surface area (Å²) < 4.78 is 6.55. The minimum absolute atomic E-state index is 0.208. The fraction of sp³-hybridized carbons (Fsp3) is 0.583. The van der Waals surface area contributed by atoms with Crippen molar-refractivity contribution in [3.8, 4) is 0 Å². The van der Waals surface area contributed by atoms with Crippen LogP contribution in [0.4, 0.5) is 4.79 Å². The number of Topliss-reactive ketones (excluding diaryl/α,β-unsaturated/α-hetero) is 1. The van der Waals surface area contributed by atoms with E-state index in [0.717, 1.165) is 0 Å². The third kappa shape index (κ3) is 3.87. The number of carbonyl (C=O) groups excluding carboxylic acids is 2. The van der Waals surface area contributed by atoms with Crippen molar-refractivity contribution in [3.63, 3.8) is 0 Å². The second-order valence-electron chi connectivity index (χ2n) is 5.07. The summed E-state index contributed by atoms with van der Waals surface area (Å²) in [6.45, 7) is 6.90. The first kappa shape index (κ1) is 14.2. The molecule has 0 spiro atoms. The molecule has 100 valence electrons. The van der Waals surface area contributed by atoms with Gasteiger partial charge in [-0.3, -0.25) is 9.48 Å². The summed E-state index contributed by atoms with van der Waals surface area (Å²) >= 11 is 0. The quantitative estimate of drug-likeness (QED) is 0.829. The van der Waals surface area contributed by atoms with E-state index in [0.29, 0.717) is 5.69 Å². The molecule has 1 aromatic rings. The van der Waals surface area contributed by atoms with Gasteiger partial charge in [-0.05, 0) is 33.8 Å². The highest BCUT2D eigenvalue weighted by Gasteiger charge is 2.23. The average Bonchev–Trinajstić information content (AvgIpc) is 2.60. The molecule has 1 rings (SSSR count). The lowest BCUT2D eigenvalue weighted by atomic mass is 10.1. The molecular weight excluding hydrogens is 234 g/mol. The summed E-state index contributed by atoms with van der Waals surface area (Å²) in [5.41, 5.74) is -0.141. The van der Waals surface area contributed by atoms with Crippen LogP contribution in [0.2, 0.25) is 0 Å². The lowest BCUT2D eigenvalue weighted by Gasteiger charge is -2.21. The second kappa shape index (κ2) is 5.20. The number of amides is 1. The number of nitrogens with zero attached hydrogens (tertiary/aromatic N) is 2. The van der Waals surface area contributed by atoms with Crippen molar-refractivity contribution in [2.45, 2.75) is 39.3 Å². The largest absolute Gasteiger partial charge is 0.444 e.